The first kappa shape index (κ1) is 36.1. The summed E-state index contributed by atoms with van der Waals surface area (Å²) in [6.07, 6.45) is 19.5. The van der Waals surface area contributed by atoms with E-state index in [1.807, 2.05) is 0 Å². The average Bonchev–Trinajstić information content (AvgIpc) is 3.52. The minimum Gasteiger partial charge on any atom is -0.356 e. The van der Waals surface area contributed by atoms with Crippen LogP contribution < -0.4 is 16.0 Å². The van der Waals surface area contributed by atoms with Gasteiger partial charge in [-0.15, -0.1) is 0 Å². The van der Waals surface area contributed by atoms with Crippen molar-refractivity contribution < 1.29 is 9.59 Å². The number of nitrogens with one attached hydrogen (secondary N) is 3. The number of amides is 3. The third kappa shape index (κ3) is 6.17. The van der Waals surface area contributed by atoms with Crippen molar-refractivity contribution in [1.29, 1.82) is 0 Å². The van der Waals surface area contributed by atoms with Crippen molar-refractivity contribution in [2.75, 3.05) is 6.54 Å². The zero-order valence-corrected chi connectivity index (χ0v) is 32.6. The number of aryl methyl sites for hydroxylation is 1. The second-order valence-electron chi connectivity index (χ2n) is 19.1. The summed E-state index contributed by atoms with van der Waals surface area (Å²) < 4.78 is 0. The Labute approximate surface area is 304 Å². The van der Waals surface area contributed by atoms with E-state index in [4.69, 9.17) is 0 Å². The molecule has 3 amide bonds. The van der Waals surface area contributed by atoms with Gasteiger partial charge in [0.05, 0.1) is 0 Å². The number of hydrogen-bond donors (Lipinski definition) is 3. The molecule has 6 aliphatic rings. The first-order valence-electron chi connectivity index (χ1n) is 21.1. The molecule has 5 fully saturated rings. The number of urea groups is 1. The Hall–Kier alpha value is -2.30. The molecule has 0 aliphatic heterocycles. The molecule has 3 N–H and O–H groups in total. The van der Waals surface area contributed by atoms with Gasteiger partial charge in [0.2, 0.25) is 5.91 Å². The van der Waals surface area contributed by atoms with Gasteiger partial charge >= 0.3 is 6.03 Å². The molecular formula is C45H69N3O2. The topological polar surface area (TPSA) is 70.2 Å². The van der Waals surface area contributed by atoms with Crippen LogP contribution in [0.5, 0.6) is 0 Å². The van der Waals surface area contributed by atoms with Crippen molar-refractivity contribution in [2.45, 2.75) is 150 Å². The predicted octanol–water partition coefficient (Wildman–Crippen LogP) is 10.1. The molecule has 0 aromatic heterocycles. The van der Waals surface area contributed by atoms with E-state index in [9.17, 15) is 9.59 Å². The van der Waals surface area contributed by atoms with Crippen molar-refractivity contribution in [2.24, 2.45) is 64.1 Å². The molecule has 0 spiro atoms. The summed E-state index contributed by atoms with van der Waals surface area (Å²) in [6, 6.07) is 9.37. The Morgan fingerprint density at radius 2 is 1.60 bits per heavy atom. The molecule has 5 nitrogen and oxygen atoms in total. The largest absolute Gasteiger partial charge is 0.356 e. The fraction of sp³-hybridized carbons (Fsp3) is 0.778. The van der Waals surface area contributed by atoms with E-state index in [1.54, 1.807) is 5.57 Å². The van der Waals surface area contributed by atoms with Crippen LogP contribution in [0.15, 0.2) is 30.3 Å². The second-order valence-corrected chi connectivity index (χ2v) is 19.1. The standard InChI is InChI=1S/C45H69N3O2/c1-8-30(9-2)22-26-46-41(49)35-27-39(29(35)4)47-42(50)48-45-23-10-11-38(45)34-16-18-37-33(32(34)20-25-45)17-19-40-43(5,6)36(21-24-44(37,40)7)31-14-12-28(3)13-15-31/h12-15,21,29-30,32-35,37-40H,8-11,16-20,22-27H2,1-7H3,(H,46,49)(H2,47,48,50). The lowest BCUT2D eigenvalue weighted by Crippen LogP contribution is -2.64. The lowest BCUT2D eigenvalue weighted by atomic mass is 9.41. The number of fused-ring (bicyclic) bond motifs is 7. The van der Waals surface area contributed by atoms with Crippen LogP contribution in [0.3, 0.4) is 0 Å². The normalized spacial score (nSPS) is 39.9. The number of allylic oxidation sites excluding steroid dienone is 2. The molecule has 11 atom stereocenters. The van der Waals surface area contributed by atoms with Gasteiger partial charge in [0.25, 0.3) is 0 Å². The summed E-state index contributed by atoms with van der Waals surface area (Å²) >= 11 is 0. The maximum Gasteiger partial charge on any atom is 0.315 e. The van der Waals surface area contributed by atoms with Gasteiger partial charge in [-0.2, -0.15) is 0 Å². The molecule has 11 unspecified atom stereocenters. The van der Waals surface area contributed by atoms with E-state index >= 15 is 0 Å². The van der Waals surface area contributed by atoms with Crippen LogP contribution in [0.1, 0.15) is 143 Å². The Kier molecular flexibility index (Phi) is 10.0. The highest BCUT2D eigenvalue weighted by Crippen LogP contribution is 2.68. The summed E-state index contributed by atoms with van der Waals surface area (Å²) in [5.74, 6) is 5.61. The molecule has 0 saturated heterocycles. The van der Waals surface area contributed by atoms with Crippen molar-refractivity contribution in [3.63, 3.8) is 0 Å². The van der Waals surface area contributed by atoms with Gasteiger partial charge in [0.1, 0.15) is 0 Å². The van der Waals surface area contributed by atoms with Crippen LogP contribution in [0.4, 0.5) is 4.79 Å². The van der Waals surface area contributed by atoms with Crippen LogP contribution in [0.25, 0.3) is 5.57 Å². The molecule has 0 radical (unpaired) electrons. The summed E-state index contributed by atoms with van der Waals surface area (Å²) in [4.78, 5) is 26.5. The fourth-order valence-electron chi connectivity index (χ4n) is 13.7. The highest BCUT2D eigenvalue weighted by molar-refractivity contribution is 5.81. The zero-order valence-electron chi connectivity index (χ0n) is 32.6. The lowest BCUT2D eigenvalue weighted by molar-refractivity contribution is -0.131. The van der Waals surface area contributed by atoms with E-state index in [-0.39, 0.29) is 40.8 Å². The van der Waals surface area contributed by atoms with Gasteiger partial charge in [-0.1, -0.05) is 96.7 Å². The molecule has 5 heteroatoms. The molecule has 5 saturated carbocycles. The molecule has 276 valence electrons. The molecule has 0 bridgehead atoms. The van der Waals surface area contributed by atoms with Crippen LogP contribution in [0.2, 0.25) is 0 Å². The Balaban J connectivity index is 0.967. The average molecular weight is 684 g/mol. The lowest BCUT2D eigenvalue weighted by Gasteiger charge is -2.64. The quantitative estimate of drug-likeness (QED) is 0.243. The van der Waals surface area contributed by atoms with Crippen molar-refractivity contribution in [3.05, 3.63) is 41.5 Å². The Morgan fingerprint density at radius 1 is 0.880 bits per heavy atom. The summed E-state index contributed by atoms with van der Waals surface area (Å²) in [5.41, 5.74) is 4.85. The predicted molar refractivity (Wildman–Crippen MR) is 205 cm³/mol. The van der Waals surface area contributed by atoms with Crippen molar-refractivity contribution >= 4 is 17.5 Å². The molecule has 50 heavy (non-hydrogen) atoms. The molecule has 0 heterocycles. The second kappa shape index (κ2) is 13.9. The molecule has 1 aromatic rings. The summed E-state index contributed by atoms with van der Waals surface area (Å²) in [7, 11) is 0. The van der Waals surface area contributed by atoms with Crippen molar-refractivity contribution in [3.8, 4) is 0 Å². The van der Waals surface area contributed by atoms with E-state index in [0.29, 0.717) is 17.3 Å². The number of hydrogen-bond acceptors (Lipinski definition) is 2. The fourth-order valence-corrected chi connectivity index (χ4v) is 13.7. The van der Waals surface area contributed by atoms with Crippen LogP contribution in [-0.4, -0.2) is 30.1 Å². The number of benzene rings is 1. The zero-order chi connectivity index (χ0) is 35.4. The first-order chi connectivity index (χ1) is 23.9. The third-order valence-corrected chi connectivity index (χ3v) is 16.6. The highest BCUT2D eigenvalue weighted by Gasteiger charge is 2.62. The van der Waals surface area contributed by atoms with Crippen LogP contribution >= 0.6 is 0 Å². The third-order valence-electron chi connectivity index (χ3n) is 16.6. The minimum atomic E-state index is -0.0451. The monoisotopic (exact) mass is 684 g/mol. The number of carbonyl (C=O) groups is 2. The highest BCUT2D eigenvalue weighted by atomic mass is 16.2. The Bertz CT molecular complexity index is 1430. The van der Waals surface area contributed by atoms with Gasteiger partial charge in [-0.3, -0.25) is 4.79 Å². The molecular weight excluding hydrogens is 615 g/mol. The van der Waals surface area contributed by atoms with Crippen LogP contribution in [0, 0.1) is 71.0 Å². The van der Waals surface area contributed by atoms with Gasteiger partial charge in [0, 0.05) is 24.0 Å². The maximum absolute atomic E-state index is 13.7. The maximum atomic E-state index is 13.7. The smallest absolute Gasteiger partial charge is 0.315 e. The number of carbonyl (C=O) groups excluding carboxylic acids is 2. The Morgan fingerprint density at radius 3 is 2.32 bits per heavy atom. The van der Waals surface area contributed by atoms with E-state index in [2.05, 4.69) is 94.8 Å². The van der Waals surface area contributed by atoms with Gasteiger partial charge < -0.3 is 16.0 Å². The minimum absolute atomic E-state index is 0.0152. The van der Waals surface area contributed by atoms with E-state index < -0.39 is 0 Å². The SMILES string of the molecule is CCC(CC)CCNC(=O)C1CC(NC(=O)NC23CCCC2C2CCC4C(CCC5C(C)(C)C(c6ccc(C)cc6)=CCC45C)C2CC3)C1C. The molecule has 7 rings (SSSR count). The van der Waals surface area contributed by atoms with Crippen LogP contribution in [-0.2, 0) is 4.79 Å². The summed E-state index contributed by atoms with van der Waals surface area (Å²) in [6.45, 7) is 17.3. The van der Waals surface area contributed by atoms with Gasteiger partial charge in [0.15, 0.2) is 0 Å². The molecule has 6 aliphatic carbocycles. The first-order valence-corrected chi connectivity index (χ1v) is 21.1. The van der Waals surface area contributed by atoms with E-state index in [0.717, 1.165) is 61.8 Å². The number of rotatable bonds is 9. The van der Waals surface area contributed by atoms with E-state index in [1.165, 1.54) is 75.3 Å². The summed E-state index contributed by atoms with van der Waals surface area (Å²) in [5, 5.41) is 10.2. The van der Waals surface area contributed by atoms with Gasteiger partial charge in [-0.25, -0.2) is 4.79 Å². The van der Waals surface area contributed by atoms with Gasteiger partial charge in [-0.05, 0) is 147 Å². The van der Waals surface area contributed by atoms with Crippen molar-refractivity contribution in [1.82, 2.24) is 16.0 Å². The molecule has 1 aromatic carbocycles.